The van der Waals surface area contributed by atoms with Crippen LogP contribution in [0.5, 0.6) is 0 Å². The van der Waals surface area contributed by atoms with Crippen LogP contribution in [0.15, 0.2) is 36.4 Å². The molecule has 4 rings (SSSR count). The van der Waals surface area contributed by atoms with E-state index in [0.717, 1.165) is 53.8 Å². The molecule has 0 saturated carbocycles. The first-order valence-electron chi connectivity index (χ1n) is 10.5. The second-order valence-corrected chi connectivity index (χ2v) is 9.02. The van der Waals surface area contributed by atoms with Gasteiger partial charge >= 0.3 is 0 Å². The maximum absolute atomic E-state index is 13.4. The number of amides is 1. The molecule has 0 bridgehead atoms. The number of thiazole rings is 1. The lowest BCUT2D eigenvalue weighted by molar-refractivity contribution is -0.118. The largest absolute Gasteiger partial charge is 0.379 e. The summed E-state index contributed by atoms with van der Waals surface area (Å²) in [6.45, 7) is 11.1. The molecular weight excluding hydrogens is 394 g/mol. The number of aryl methyl sites for hydroxylation is 3. The summed E-state index contributed by atoms with van der Waals surface area (Å²) in [4.78, 5) is 22.5. The minimum absolute atomic E-state index is 0.0993. The Balaban J connectivity index is 1.60. The average Bonchev–Trinajstić information content (AvgIpc) is 3.16. The number of benzene rings is 2. The summed E-state index contributed by atoms with van der Waals surface area (Å²) in [6.07, 6.45) is 0.388. The fourth-order valence-corrected chi connectivity index (χ4v) is 4.88. The first-order chi connectivity index (χ1) is 14.5. The van der Waals surface area contributed by atoms with Crippen molar-refractivity contribution in [2.45, 2.75) is 27.2 Å². The zero-order chi connectivity index (χ0) is 21.1. The molecule has 0 unspecified atom stereocenters. The van der Waals surface area contributed by atoms with Crippen LogP contribution in [0.2, 0.25) is 0 Å². The highest BCUT2D eigenvalue weighted by Gasteiger charge is 2.22. The van der Waals surface area contributed by atoms with E-state index in [1.165, 1.54) is 16.7 Å². The maximum atomic E-state index is 13.4. The number of ether oxygens (including phenoxy) is 1. The van der Waals surface area contributed by atoms with Crippen LogP contribution in [-0.4, -0.2) is 55.2 Å². The monoisotopic (exact) mass is 423 g/mol. The molecule has 3 aromatic rings. The molecular formula is C24H29N3O2S. The number of carbonyl (C=O) groups is 1. The highest BCUT2D eigenvalue weighted by Crippen LogP contribution is 2.32. The molecule has 1 amide bonds. The molecule has 0 atom stereocenters. The Hall–Kier alpha value is -2.28. The average molecular weight is 424 g/mol. The second-order valence-electron chi connectivity index (χ2n) is 8.02. The third-order valence-corrected chi connectivity index (χ3v) is 6.83. The van der Waals surface area contributed by atoms with Gasteiger partial charge in [-0.3, -0.25) is 14.6 Å². The fraction of sp³-hybridized carbons (Fsp3) is 0.417. The van der Waals surface area contributed by atoms with Gasteiger partial charge in [-0.2, -0.15) is 0 Å². The van der Waals surface area contributed by atoms with Crippen molar-refractivity contribution in [2.24, 2.45) is 0 Å². The fourth-order valence-electron chi connectivity index (χ4n) is 3.82. The standard InChI is InChI=1S/C24H29N3O2S/c1-17-5-4-6-20(15-17)16-22(28)27(10-9-26-11-13-29-14-12-26)24-25-23-19(3)18(2)7-8-21(23)30-24/h4-8,15H,9-14,16H2,1-3H3. The van der Waals surface area contributed by atoms with E-state index >= 15 is 0 Å². The molecule has 0 spiro atoms. The Labute approximate surface area is 182 Å². The summed E-state index contributed by atoms with van der Waals surface area (Å²) >= 11 is 1.61. The Bertz CT molecular complexity index is 1040. The van der Waals surface area contributed by atoms with Gasteiger partial charge in [-0.25, -0.2) is 4.98 Å². The van der Waals surface area contributed by atoms with Crippen LogP contribution in [0.4, 0.5) is 5.13 Å². The predicted octanol–water partition coefficient (Wildman–Crippen LogP) is 4.13. The van der Waals surface area contributed by atoms with Crippen LogP contribution in [0.25, 0.3) is 10.2 Å². The summed E-state index contributed by atoms with van der Waals surface area (Å²) in [7, 11) is 0. The number of aromatic nitrogens is 1. The van der Waals surface area contributed by atoms with E-state index in [1.54, 1.807) is 11.3 Å². The van der Waals surface area contributed by atoms with Crippen molar-refractivity contribution in [1.82, 2.24) is 9.88 Å². The smallest absolute Gasteiger partial charge is 0.233 e. The highest BCUT2D eigenvalue weighted by molar-refractivity contribution is 7.22. The molecule has 1 aromatic heterocycles. The van der Waals surface area contributed by atoms with E-state index in [1.807, 2.05) is 17.0 Å². The number of rotatable bonds is 6. The molecule has 1 aliphatic heterocycles. The second kappa shape index (κ2) is 9.25. The van der Waals surface area contributed by atoms with Gasteiger partial charge in [0, 0.05) is 26.2 Å². The molecule has 2 aromatic carbocycles. The van der Waals surface area contributed by atoms with Crippen LogP contribution >= 0.6 is 11.3 Å². The topological polar surface area (TPSA) is 45.7 Å². The van der Waals surface area contributed by atoms with Gasteiger partial charge < -0.3 is 4.74 Å². The molecule has 30 heavy (non-hydrogen) atoms. The number of hydrogen-bond donors (Lipinski definition) is 0. The maximum Gasteiger partial charge on any atom is 0.233 e. The van der Waals surface area contributed by atoms with Crippen LogP contribution < -0.4 is 4.90 Å². The number of nitrogens with zero attached hydrogens (tertiary/aromatic N) is 3. The summed E-state index contributed by atoms with van der Waals surface area (Å²) in [5, 5.41) is 0.796. The van der Waals surface area contributed by atoms with Gasteiger partial charge in [-0.1, -0.05) is 47.2 Å². The molecule has 5 nitrogen and oxygen atoms in total. The van der Waals surface area contributed by atoms with E-state index in [0.29, 0.717) is 13.0 Å². The van der Waals surface area contributed by atoms with E-state index in [4.69, 9.17) is 9.72 Å². The minimum Gasteiger partial charge on any atom is -0.379 e. The summed E-state index contributed by atoms with van der Waals surface area (Å²) in [5.74, 6) is 0.0993. The Morgan fingerprint density at radius 1 is 1.17 bits per heavy atom. The van der Waals surface area contributed by atoms with Gasteiger partial charge in [0.2, 0.25) is 5.91 Å². The number of carbonyl (C=O) groups excluding carboxylic acids is 1. The van der Waals surface area contributed by atoms with Gasteiger partial charge in [0.15, 0.2) is 5.13 Å². The molecule has 158 valence electrons. The normalized spacial score (nSPS) is 14.9. The van der Waals surface area contributed by atoms with Gasteiger partial charge in [0.1, 0.15) is 0 Å². The molecule has 0 N–H and O–H groups in total. The van der Waals surface area contributed by atoms with Crippen molar-refractivity contribution in [2.75, 3.05) is 44.3 Å². The van der Waals surface area contributed by atoms with Crippen LogP contribution in [0.3, 0.4) is 0 Å². The SMILES string of the molecule is Cc1cccc(CC(=O)N(CCN2CCOCC2)c2nc3c(C)c(C)ccc3s2)c1. The number of anilines is 1. The molecule has 1 saturated heterocycles. The molecule has 6 heteroatoms. The Morgan fingerprint density at radius 2 is 1.97 bits per heavy atom. The van der Waals surface area contributed by atoms with Crippen molar-refractivity contribution in [3.05, 3.63) is 58.7 Å². The molecule has 1 aliphatic rings. The third kappa shape index (κ3) is 4.72. The first-order valence-corrected chi connectivity index (χ1v) is 11.4. The lowest BCUT2D eigenvalue weighted by Crippen LogP contribution is -2.43. The zero-order valence-electron chi connectivity index (χ0n) is 18.0. The van der Waals surface area contributed by atoms with Crippen LogP contribution in [0.1, 0.15) is 22.3 Å². The van der Waals surface area contributed by atoms with Gasteiger partial charge in [0.05, 0.1) is 29.9 Å². The van der Waals surface area contributed by atoms with Crippen molar-refractivity contribution < 1.29 is 9.53 Å². The Kier molecular flexibility index (Phi) is 6.46. The Morgan fingerprint density at radius 3 is 2.73 bits per heavy atom. The number of fused-ring (bicyclic) bond motifs is 1. The predicted molar refractivity (Wildman–Crippen MR) is 124 cm³/mol. The summed E-state index contributed by atoms with van der Waals surface area (Å²) in [6, 6.07) is 12.4. The quantitative estimate of drug-likeness (QED) is 0.598. The highest BCUT2D eigenvalue weighted by atomic mass is 32.1. The van der Waals surface area contributed by atoms with Crippen LogP contribution in [0, 0.1) is 20.8 Å². The molecule has 1 fully saturated rings. The van der Waals surface area contributed by atoms with Gasteiger partial charge in [0.25, 0.3) is 0 Å². The first kappa shape index (κ1) is 21.0. The van der Waals surface area contributed by atoms with Gasteiger partial charge in [-0.05, 0) is 43.5 Å². The van der Waals surface area contributed by atoms with E-state index < -0.39 is 0 Å². The van der Waals surface area contributed by atoms with Crippen LogP contribution in [-0.2, 0) is 16.0 Å². The van der Waals surface area contributed by atoms with Crippen molar-refractivity contribution in [3.8, 4) is 0 Å². The molecule has 0 radical (unpaired) electrons. The van der Waals surface area contributed by atoms with Crippen molar-refractivity contribution in [3.63, 3.8) is 0 Å². The number of morpholine rings is 1. The van der Waals surface area contributed by atoms with E-state index in [-0.39, 0.29) is 5.91 Å². The van der Waals surface area contributed by atoms with Crippen molar-refractivity contribution >= 4 is 32.6 Å². The van der Waals surface area contributed by atoms with E-state index in [2.05, 4.69) is 49.9 Å². The van der Waals surface area contributed by atoms with Gasteiger partial charge in [-0.15, -0.1) is 0 Å². The summed E-state index contributed by atoms with van der Waals surface area (Å²) in [5.41, 5.74) is 5.64. The zero-order valence-corrected chi connectivity index (χ0v) is 18.8. The summed E-state index contributed by atoms with van der Waals surface area (Å²) < 4.78 is 6.59. The lowest BCUT2D eigenvalue weighted by atomic mass is 10.1. The number of hydrogen-bond acceptors (Lipinski definition) is 5. The minimum atomic E-state index is 0.0993. The van der Waals surface area contributed by atoms with Crippen molar-refractivity contribution in [1.29, 1.82) is 0 Å². The van der Waals surface area contributed by atoms with E-state index in [9.17, 15) is 4.79 Å². The third-order valence-electron chi connectivity index (χ3n) is 5.79. The molecule has 2 heterocycles. The molecule has 0 aliphatic carbocycles. The lowest BCUT2D eigenvalue weighted by Gasteiger charge is -2.29.